The second kappa shape index (κ2) is 8.03. The number of pyridine rings is 2. The molecule has 140 valence electrons. The lowest BCUT2D eigenvalue weighted by atomic mass is 10.3. The Bertz CT molecular complexity index is 909. The molecule has 0 saturated carbocycles. The molecule has 1 aliphatic rings. The number of fused-ring (bicyclic) bond motifs is 1. The van der Waals surface area contributed by atoms with Crippen molar-refractivity contribution in [3.63, 3.8) is 0 Å². The van der Waals surface area contributed by atoms with Crippen molar-refractivity contribution in [3.8, 4) is 0 Å². The molecule has 0 aliphatic carbocycles. The van der Waals surface area contributed by atoms with Crippen molar-refractivity contribution in [1.82, 2.24) is 30.2 Å². The summed E-state index contributed by atoms with van der Waals surface area (Å²) in [5, 5.41) is 15.0. The van der Waals surface area contributed by atoms with Crippen LogP contribution in [-0.2, 0) is 13.1 Å². The first kappa shape index (κ1) is 17.3. The van der Waals surface area contributed by atoms with Gasteiger partial charge >= 0.3 is 0 Å². The fourth-order valence-corrected chi connectivity index (χ4v) is 3.24. The molecule has 1 fully saturated rings. The van der Waals surface area contributed by atoms with Gasteiger partial charge in [-0.3, -0.25) is 9.39 Å². The van der Waals surface area contributed by atoms with E-state index in [0.29, 0.717) is 19.0 Å². The summed E-state index contributed by atoms with van der Waals surface area (Å²) in [4.78, 5) is 11.2. The molecule has 4 rings (SSSR count). The summed E-state index contributed by atoms with van der Waals surface area (Å²) in [5.41, 5.74) is 1.95. The number of aromatic nitrogens is 4. The van der Waals surface area contributed by atoms with Gasteiger partial charge in [0.25, 0.3) is 0 Å². The molecule has 1 saturated heterocycles. The number of hydrogen-bond donors (Lipinski definition) is 2. The van der Waals surface area contributed by atoms with Crippen LogP contribution in [0.2, 0.25) is 0 Å². The Balaban J connectivity index is 1.31. The average Bonchev–Trinajstić information content (AvgIpc) is 3.39. The van der Waals surface area contributed by atoms with Crippen molar-refractivity contribution in [2.24, 2.45) is 4.99 Å². The van der Waals surface area contributed by atoms with Crippen molar-refractivity contribution in [3.05, 3.63) is 54.1 Å². The van der Waals surface area contributed by atoms with Crippen LogP contribution < -0.4 is 15.5 Å². The smallest absolute Gasteiger partial charge is 0.191 e. The predicted molar refractivity (Wildman–Crippen MR) is 106 cm³/mol. The van der Waals surface area contributed by atoms with Gasteiger partial charge in [0.2, 0.25) is 0 Å². The van der Waals surface area contributed by atoms with Gasteiger partial charge in [-0.15, -0.1) is 10.2 Å². The maximum Gasteiger partial charge on any atom is 0.191 e. The van der Waals surface area contributed by atoms with E-state index in [0.717, 1.165) is 35.9 Å². The van der Waals surface area contributed by atoms with Crippen LogP contribution >= 0.6 is 0 Å². The van der Waals surface area contributed by atoms with Crippen molar-refractivity contribution in [2.45, 2.75) is 25.9 Å². The molecule has 8 nitrogen and oxygen atoms in total. The number of guanidine groups is 1. The minimum atomic E-state index is 0.539. The molecule has 0 unspecified atom stereocenters. The second-order valence-electron chi connectivity index (χ2n) is 6.54. The Kier molecular flexibility index (Phi) is 5.13. The Morgan fingerprint density at radius 1 is 1.07 bits per heavy atom. The monoisotopic (exact) mass is 364 g/mol. The zero-order chi connectivity index (χ0) is 18.5. The van der Waals surface area contributed by atoms with Crippen molar-refractivity contribution in [1.29, 1.82) is 0 Å². The number of anilines is 1. The van der Waals surface area contributed by atoms with E-state index in [9.17, 15) is 0 Å². The van der Waals surface area contributed by atoms with Gasteiger partial charge in [-0.1, -0.05) is 12.1 Å². The number of aliphatic imine (C=N–C) groups is 1. The molecule has 0 atom stereocenters. The van der Waals surface area contributed by atoms with E-state index in [1.807, 2.05) is 35.0 Å². The van der Waals surface area contributed by atoms with Gasteiger partial charge in [0, 0.05) is 39.1 Å². The summed E-state index contributed by atoms with van der Waals surface area (Å²) in [6.45, 7) is 3.42. The normalized spacial score (nSPS) is 14.7. The molecule has 0 radical (unpaired) electrons. The SMILES string of the molecule is CN=C(NCc1ccc(N2CCCC2)nc1)NCc1nnc2ccccn12. The number of rotatable bonds is 5. The van der Waals surface area contributed by atoms with E-state index < -0.39 is 0 Å². The summed E-state index contributed by atoms with van der Waals surface area (Å²) in [5.74, 6) is 2.62. The lowest BCUT2D eigenvalue weighted by Gasteiger charge is -2.16. The maximum absolute atomic E-state index is 4.59. The predicted octanol–water partition coefficient (Wildman–Crippen LogP) is 1.59. The van der Waals surface area contributed by atoms with Gasteiger partial charge in [-0.05, 0) is 36.6 Å². The highest BCUT2D eigenvalue weighted by atomic mass is 15.3. The van der Waals surface area contributed by atoms with E-state index in [-0.39, 0.29) is 0 Å². The quantitative estimate of drug-likeness (QED) is 0.528. The van der Waals surface area contributed by atoms with Crippen LogP contribution in [0.15, 0.2) is 47.7 Å². The summed E-state index contributed by atoms with van der Waals surface area (Å²) in [6, 6.07) is 10.1. The zero-order valence-corrected chi connectivity index (χ0v) is 15.5. The van der Waals surface area contributed by atoms with Crippen molar-refractivity contribution >= 4 is 17.4 Å². The van der Waals surface area contributed by atoms with E-state index in [2.05, 4.69) is 47.8 Å². The topological polar surface area (TPSA) is 82.7 Å². The third kappa shape index (κ3) is 3.99. The van der Waals surface area contributed by atoms with Crippen LogP contribution in [0.4, 0.5) is 5.82 Å². The first-order chi connectivity index (χ1) is 13.3. The van der Waals surface area contributed by atoms with Crippen LogP contribution in [0.1, 0.15) is 24.2 Å². The molecule has 8 heteroatoms. The lowest BCUT2D eigenvalue weighted by Crippen LogP contribution is -2.36. The van der Waals surface area contributed by atoms with Crippen LogP contribution in [0.3, 0.4) is 0 Å². The Hall–Kier alpha value is -3.16. The van der Waals surface area contributed by atoms with E-state index in [4.69, 9.17) is 0 Å². The van der Waals surface area contributed by atoms with Gasteiger partial charge < -0.3 is 15.5 Å². The largest absolute Gasteiger partial charge is 0.357 e. The number of nitrogens with one attached hydrogen (secondary N) is 2. The first-order valence-electron chi connectivity index (χ1n) is 9.26. The average molecular weight is 364 g/mol. The zero-order valence-electron chi connectivity index (χ0n) is 15.5. The molecule has 0 spiro atoms. The maximum atomic E-state index is 4.59. The second-order valence-corrected chi connectivity index (χ2v) is 6.54. The van der Waals surface area contributed by atoms with Gasteiger partial charge in [-0.25, -0.2) is 4.98 Å². The van der Waals surface area contributed by atoms with Gasteiger partial charge in [-0.2, -0.15) is 0 Å². The summed E-state index contributed by atoms with van der Waals surface area (Å²) >= 11 is 0. The highest BCUT2D eigenvalue weighted by molar-refractivity contribution is 5.79. The third-order valence-electron chi connectivity index (χ3n) is 4.72. The van der Waals surface area contributed by atoms with E-state index >= 15 is 0 Å². The molecule has 27 heavy (non-hydrogen) atoms. The molecule has 0 bridgehead atoms. The standard InChI is InChI=1S/C19H24N8/c1-20-19(23-14-18-25-24-17-6-2-3-11-27(17)18)22-13-15-7-8-16(21-12-15)26-9-4-5-10-26/h2-3,6-8,11-12H,4-5,9-10,13-14H2,1H3,(H2,20,22,23). The van der Waals surface area contributed by atoms with Crippen LogP contribution in [0.25, 0.3) is 5.65 Å². The fraction of sp³-hybridized carbons (Fsp3) is 0.368. The molecule has 2 N–H and O–H groups in total. The number of hydrogen-bond acceptors (Lipinski definition) is 5. The molecular formula is C19H24N8. The van der Waals surface area contributed by atoms with Crippen LogP contribution in [0, 0.1) is 0 Å². The van der Waals surface area contributed by atoms with Crippen molar-refractivity contribution in [2.75, 3.05) is 25.0 Å². The van der Waals surface area contributed by atoms with Crippen LogP contribution in [-0.4, -0.2) is 45.7 Å². The highest BCUT2D eigenvalue weighted by Crippen LogP contribution is 2.17. The molecule has 0 aromatic carbocycles. The highest BCUT2D eigenvalue weighted by Gasteiger charge is 2.13. The van der Waals surface area contributed by atoms with E-state index in [1.165, 1.54) is 12.8 Å². The molecule has 3 aromatic heterocycles. The molecule has 4 heterocycles. The molecule has 3 aromatic rings. The van der Waals surface area contributed by atoms with Crippen LogP contribution in [0.5, 0.6) is 0 Å². The summed E-state index contributed by atoms with van der Waals surface area (Å²) in [7, 11) is 1.76. The van der Waals surface area contributed by atoms with Gasteiger partial charge in [0.15, 0.2) is 17.4 Å². The lowest BCUT2D eigenvalue weighted by molar-refractivity contribution is 0.761. The minimum absolute atomic E-state index is 0.539. The third-order valence-corrected chi connectivity index (χ3v) is 4.72. The minimum Gasteiger partial charge on any atom is -0.357 e. The fourth-order valence-electron chi connectivity index (χ4n) is 3.24. The summed E-state index contributed by atoms with van der Waals surface area (Å²) < 4.78 is 1.96. The Morgan fingerprint density at radius 3 is 2.70 bits per heavy atom. The molecule has 0 amide bonds. The first-order valence-corrected chi connectivity index (χ1v) is 9.26. The number of nitrogens with zero attached hydrogens (tertiary/aromatic N) is 6. The Labute approximate surface area is 158 Å². The van der Waals surface area contributed by atoms with Gasteiger partial charge in [0.1, 0.15) is 5.82 Å². The Morgan fingerprint density at radius 2 is 1.93 bits per heavy atom. The summed E-state index contributed by atoms with van der Waals surface area (Å²) in [6.07, 6.45) is 6.40. The van der Waals surface area contributed by atoms with E-state index in [1.54, 1.807) is 7.05 Å². The molecular weight excluding hydrogens is 340 g/mol. The van der Waals surface area contributed by atoms with Crippen molar-refractivity contribution < 1.29 is 0 Å². The molecule has 1 aliphatic heterocycles. The van der Waals surface area contributed by atoms with Gasteiger partial charge in [0.05, 0.1) is 6.54 Å².